The van der Waals surface area contributed by atoms with Crippen LogP contribution in [0.1, 0.15) is 0 Å². The van der Waals surface area contributed by atoms with E-state index in [9.17, 15) is 23.3 Å². The summed E-state index contributed by atoms with van der Waals surface area (Å²) in [4.78, 5) is 22.2. The number of fused-ring (bicyclic) bond motifs is 1. The van der Waals surface area contributed by atoms with Crippen LogP contribution < -0.4 is 5.69 Å². The zero-order chi connectivity index (χ0) is 17.6. The van der Waals surface area contributed by atoms with Gasteiger partial charge in [0.25, 0.3) is 5.69 Å². The zero-order valence-corrected chi connectivity index (χ0v) is 13.6. The quantitative estimate of drug-likeness (QED) is 0.529. The maximum Gasteiger partial charge on any atom is 0.328 e. The number of nitrogens with zero attached hydrogens (tertiary/aromatic N) is 3. The van der Waals surface area contributed by atoms with Crippen LogP contribution in [0.5, 0.6) is 0 Å². The molecule has 0 N–H and O–H groups in total. The van der Waals surface area contributed by atoms with E-state index >= 15 is 0 Å². The molecule has 0 radical (unpaired) electrons. The van der Waals surface area contributed by atoms with Crippen molar-refractivity contribution in [2.45, 2.75) is 9.79 Å². The summed E-state index contributed by atoms with van der Waals surface area (Å²) in [5.74, 6) is 0. The highest BCUT2D eigenvalue weighted by atomic mass is 32.2. The third kappa shape index (κ3) is 2.21. The predicted octanol–water partition coefficient (Wildman–Crippen LogP) is 1.62. The molecule has 2 aromatic carbocycles. The van der Waals surface area contributed by atoms with Crippen molar-refractivity contribution >= 4 is 26.6 Å². The van der Waals surface area contributed by atoms with E-state index in [0.717, 1.165) is 6.07 Å². The van der Waals surface area contributed by atoms with Gasteiger partial charge in [-0.15, -0.1) is 0 Å². The minimum Gasteiger partial charge on any atom is -0.295 e. The Morgan fingerprint density at radius 2 is 1.54 bits per heavy atom. The summed E-state index contributed by atoms with van der Waals surface area (Å²) in [6, 6.07) is 9.76. The molecule has 0 saturated heterocycles. The zero-order valence-electron chi connectivity index (χ0n) is 12.8. The highest BCUT2D eigenvalue weighted by Gasteiger charge is 2.29. The number of hydrogen-bond donors (Lipinski definition) is 0. The summed E-state index contributed by atoms with van der Waals surface area (Å²) in [7, 11) is -1.14. The van der Waals surface area contributed by atoms with Crippen molar-refractivity contribution < 1.29 is 13.3 Å². The molecule has 0 aliphatic rings. The number of hydrogen-bond acceptors (Lipinski definition) is 5. The van der Waals surface area contributed by atoms with Crippen LogP contribution in [0, 0.1) is 10.1 Å². The topological polar surface area (TPSA) is 104 Å². The molecule has 1 heterocycles. The minimum absolute atomic E-state index is 0.0478. The van der Waals surface area contributed by atoms with Gasteiger partial charge in [0.2, 0.25) is 9.84 Å². The summed E-state index contributed by atoms with van der Waals surface area (Å²) >= 11 is 0. The second-order valence-corrected chi connectivity index (χ2v) is 7.20. The van der Waals surface area contributed by atoms with Gasteiger partial charge in [0.1, 0.15) is 0 Å². The molecule has 8 nitrogen and oxygen atoms in total. The normalized spacial score (nSPS) is 11.8. The van der Waals surface area contributed by atoms with Gasteiger partial charge in [0, 0.05) is 20.2 Å². The van der Waals surface area contributed by atoms with Crippen molar-refractivity contribution in [3.63, 3.8) is 0 Å². The maximum atomic E-state index is 12.8. The molecule has 124 valence electrons. The van der Waals surface area contributed by atoms with E-state index in [1.165, 1.54) is 53.6 Å². The number of benzene rings is 2. The molecule has 0 saturated carbocycles. The van der Waals surface area contributed by atoms with Crippen LogP contribution in [-0.4, -0.2) is 22.5 Å². The molecular weight excluding hydrogens is 334 g/mol. The summed E-state index contributed by atoms with van der Waals surface area (Å²) in [5, 5.41) is 11.4. The van der Waals surface area contributed by atoms with Crippen LogP contribution in [0.3, 0.4) is 0 Å². The number of sulfone groups is 1. The lowest BCUT2D eigenvalue weighted by Gasteiger charge is -2.06. The largest absolute Gasteiger partial charge is 0.328 e. The molecule has 0 unspecified atom stereocenters. The Morgan fingerprint density at radius 1 is 1.00 bits per heavy atom. The fourth-order valence-electron chi connectivity index (χ4n) is 2.60. The first-order valence-corrected chi connectivity index (χ1v) is 8.37. The number of aryl methyl sites for hydroxylation is 2. The number of rotatable bonds is 3. The fraction of sp³-hybridized carbons (Fsp3) is 0.133. The molecule has 3 rings (SSSR count). The Morgan fingerprint density at radius 3 is 2.08 bits per heavy atom. The summed E-state index contributed by atoms with van der Waals surface area (Å²) in [6.07, 6.45) is 0. The van der Waals surface area contributed by atoms with E-state index in [-0.39, 0.29) is 4.90 Å². The van der Waals surface area contributed by atoms with Crippen LogP contribution >= 0.6 is 0 Å². The Balaban J connectivity index is 2.43. The van der Waals surface area contributed by atoms with E-state index in [1.54, 1.807) is 6.07 Å². The monoisotopic (exact) mass is 347 g/mol. The van der Waals surface area contributed by atoms with Crippen LogP contribution in [0.25, 0.3) is 11.0 Å². The molecule has 3 aromatic rings. The van der Waals surface area contributed by atoms with Gasteiger partial charge >= 0.3 is 5.69 Å². The first-order valence-electron chi connectivity index (χ1n) is 6.89. The average molecular weight is 347 g/mol. The molecular formula is C15H13N3O5S. The van der Waals surface area contributed by atoms with Gasteiger partial charge in [0.05, 0.1) is 20.9 Å². The van der Waals surface area contributed by atoms with Gasteiger partial charge < -0.3 is 0 Å². The number of aromatic nitrogens is 2. The van der Waals surface area contributed by atoms with E-state index in [4.69, 9.17) is 0 Å². The van der Waals surface area contributed by atoms with Crippen LogP contribution in [0.2, 0.25) is 0 Å². The maximum absolute atomic E-state index is 12.8. The SMILES string of the molecule is Cn1c(=O)n(C)c2cc(S(=O)(=O)c3ccccc3)c([N+](=O)[O-])cc21. The molecule has 0 atom stereocenters. The standard InChI is InChI=1S/C15H13N3O5S/c1-16-11-8-13(18(20)21)14(9-12(11)17(2)15(16)19)24(22,23)10-6-4-3-5-7-10/h3-9H,1-2H3. The smallest absolute Gasteiger partial charge is 0.295 e. The second-order valence-electron chi connectivity index (χ2n) is 5.28. The number of nitro benzene ring substituents is 1. The Kier molecular flexibility index (Phi) is 3.52. The van der Waals surface area contributed by atoms with Gasteiger partial charge in [-0.3, -0.25) is 19.2 Å². The van der Waals surface area contributed by atoms with Gasteiger partial charge in [-0.25, -0.2) is 13.2 Å². The molecule has 0 aliphatic carbocycles. The van der Waals surface area contributed by atoms with Crippen LogP contribution in [0.4, 0.5) is 5.69 Å². The van der Waals surface area contributed by atoms with E-state index in [0.29, 0.717) is 11.0 Å². The summed E-state index contributed by atoms with van der Waals surface area (Å²) in [6.45, 7) is 0. The van der Waals surface area contributed by atoms with Crippen molar-refractivity contribution in [2.24, 2.45) is 14.1 Å². The predicted molar refractivity (Wildman–Crippen MR) is 86.7 cm³/mol. The first kappa shape index (κ1) is 15.9. The second kappa shape index (κ2) is 5.31. The summed E-state index contributed by atoms with van der Waals surface area (Å²) in [5.41, 5.74) is -0.357. The molecule has 24 heavy (non-hydrogen) atoms. The molecule has 1 aromatic heterocycles. The average Bonchev–Trinajstić information content (AvgIpc) is 2.79. The van der Waals surface area contributed by atoms with Crippen molar-refractivity contribution in [2.75, 3.05) is 0 Å². The van der Waals surface area contributed by atoms with Crippen molar-refractivity contribution in [1.82, 2.24) is 9.13 Å². The molecule has 0 aliphatic heterocycles. The van der Waals surface area contributed by atoms with E-state index < -0.39 is 31.0 Å². The van der Waals surface area contributed by atoms with E-state index in [2.05, 4.69) is 0 Å². The van der Waals surface area contributed by atoms with Crippen molar-refractivity contribution in [3.05, 3.63) is 63.1 Å². The third-order valence-electron chi connectivity index (χ3n) is 3.89. The Bertz CT molecular complexity index is 1130. The lowest BCUT2D eigenvalue weighted by atomic mass is 10.2. The van der Waals surface area contributed by atoms with Crippen molar-refractivity contribution in [1.29, 1.82) is 0 Å². The third-order valence-corrected chi connectivity index (χ3v) is 5.69. The molecule has 0 spiro atoms. The Hall–Kier alpha value is -2.94. The fourth-order valence-corrected chi connectivity index (χ4v) is 4.04. The van der Waals surface area contributed by atoms with Crippen molar-refractivity contribution in [3.8, 4) is 0 Å². The summed E-state index contributed by atoms with van der Waals surface area (Å²) < 4.78 is 28.1. The Labute approximate surface area is 136 Å². The highest BCUT2D eigenvalue weighted by Crippen LogP contribution is 2.32. The van der Waals surface area contributed by atoms with Crippen LogP contribution in [0.15, 0.2) is 57.1 Å². The van der Waals surface area contributed by atoms with Gasteiger partial charge in [-0.05, 0) is 18.2 Å². The number of imidazole rings is 1. The van der Waals surface area contributed by atoms with Gasteiger partial charge in [-0.2, -0.15) is 0 Å². The number of nitro groups is 1. The highest BCUT2D eigenvalue weighted by molar-refractivity contribution is 7.91. The van der Waals surface area contributed by atoms with Gasteiger partial charge in [0.15, 0.2) is 4.90 Å². The first-order chi connectivity index (χ1) is 11.2. The minimum atomic E-state index is -4.09. The van der Waals surface area contributed by atoms with Crippen LogP contribution in [-0.2, 0) is 23.9 Å². The lowest BCUT2D eigenvalue weighted by Crippen LogP contribution is -2.19. The van der Waals surface area contributed by atoms with E-state index in [1.807, 2.05) is 0 Å². The molecule has 0 bridgehead atoms. The molecule has 0 fully saturated rings. The molecule has 9 heteroatoms. The molecule has 0 amide bonds. The van der Waals surface area contributed by atoms with Gasteiger partial charge in [-0.1, -0.05) is 18.2 Å². The lowest BCUT2D eigenvalue weighted by molar-refractivity contribution is -0.387.